The maximum Gasteiger partial charge on any atom is 0.164 e. The molecular formula is C19H18BrFN2O3S2. The lowest BCUT2D eigenvalue weighted by Crippen LogP contribution is -2.39. The molecule has 2 aliphatic heterocycles. The summed E-state index contributed by atoms with van der Waals surface area (Å²) in [7, 11) is -1.55. The summed E-state index contributed by atoms with van der Waals surface area (Å²) in [4.78, 5) is 6.62. The molecule has 2 heterocycles. The number of sulfone groups is 1. The molecule has 0 bridgehead atoms. The Labute approximate surface area is 176 Å². The van der Waals surface area contributed by atoms with Crippen molar-refractivity contribution in [2.75, 3.05) is 23.5 Å². The number of hydrogen-bond acceptors (Lipinski definition) is 6. The molecule has 148 valence electrons. The lowest BCUT2D eigenvalue weighted by Gasteiger charge is -2.27. The third-order valence-electron chi connectivity index (χ3n) is 4.82. The van der Waals surface area contributed by atoms with Crippen LogP contribution in [-0.4, -0.2) is 44.3 Å². The second-order valence-electron chi connectivity index (χ2n) is 6.69. The van der Waals surface area contributed by atoms with Crippen molar-refractivity contribution >= 4 is 48.4 Å². The average Bonchev–Trinajstić information content (AvgIpc) is 3.12. The van der Waals surface area contributed by atoms with E-state index in [2.05, 4.69) is 20.9 Å². The van der Waals surface area contributed by atoms with Crippen molar-refractivity contribution in [3.05, 3.63) is 58.3 Å². The van der Waals surface area contributed by atoms with Crippen LogP contribution in [0.25, 0.3) is 0 Å². The first-order valence-corrected chi connectivity index (χ1v) is 12.2. The Morgan fingerprint density at radius 3 is 2.82 bits per heavy atom. The third kappa shape index (κ3) is 3.79. The summed E-state index contributed by atoms with van der Waals surface area (Å²) >= 11 is 4.67. The Bertz CT molecular complexity index is 1050. The monoisotopic (exact) mass is 484 g/mol. The van der Waals surface area contributed by atoms with Crippen LogP contribution in [0.5, 0.6) is 5.75 Å². The molecule has 0 aliphatic carbocycles. The molecule has 4 rings (SSSR count). The molecule has 2 aromatic rings. The largest absolute Gasteiger partial charge is 0.495 e. The summed E-state index contributed by atoms with van der Waals surface area (Å²) in [5.74, 6) is 0.855. The van der Waals surface area contributed by atoms with Gasteiger partial charge in [0.1, 0.15) is 11.6 Å². The molecular weight excluding hydrogens is 467 g/mol. The van der Waals surface area contributed by atoms with Crippen molar-refractivity contribution in [1.29, 1.82) is 0 Å². The van der Waals surface area contributed by atoms with Crippen LogP contribution in [0.3, 0.4) is 0 Å². The van der Waals surface area contributed by atoms with Gasteiger partial charge in [0, 0.05) is 10.2 Å². The SMILES string of the molecule is COc1ccccc1N1C(SCc2ccc(Br)cc2F)=NC2CS(=O)(=O)CC21. The van der Waals surface area contributed by atoms with Crippen LogP contribution in [-0.2, 0) is 15.6 Å². The summed E-state index contributed by atoms with van der Waals surface area (Å²) in [6, 6.07) is 11.9. The number of hydrogen-bond donors (Lipinski definition) is 0. The lowest BCUT2D eigenvalue weighted by molar-refractivity contribution is 0.415. The third-order valence-corrected chi connectivity index (χ3v) is 8.03. The number of rotatable bonds is 4. The molecule has 5 nitrogen and oxygen atoms in total. The van der Waals surface area contributed by atoms with E-state index in [4.69, 9.17) is 4.74 Å². The number of ether oxygens (including phenoxy) is 1. The molecule has 2 unspecified atom stereocenters. The summed E-state index contributed by atoms with van der Waals surface area (Å²) in [6.45, 7) is 0. The molecule has 9 heteroatoms. The number of para-hydroxylation sites is 2. The fraction of sp³-hybridized carbons (Fsp3) is 0.316. The van der Waals surface area contributed by atoms with Crippen LogP contribution in [0.2, 0.25) is 0 Å². The molecule has 0 saturated carbocycles. The average molecular weight is 485 g/mol. The minimum atomic E-state index is -3.13. The zero-order chi connectivity index (χ0) is 19.9. The van der Waals surface area contributed by atoms with Gasteiger partial charge >= 0.3 is 0 Å². The highest BCUT2D eigenvalue weighted by Gasteiger charge is 2.47. The number of anilines is 1. The molecule has 0 radical (unpaired) electrons. The highest BCUT2D eigenvalue weighted by molar-refractivity contribution is 9.10. The fourth-order valence-corrected chi connectivity index (χ4v) is 6.80. The van der Waals surface area contributed by atoms with Gasteiger partial charge in [-0.2, -0.15) is 0 Å². The van der Waals surface area contributed by atoms with Crippen molar-refractivity contribution in [2.45, 2.75) is 17.8 Å². The number of benzene rings is 2. The standard InChI is InChI=1S/C19H18BrFN2O3S2/c1-26-18-5-3-2-4-16(18)23-17-11-28(24,25)10-15(17)22-19(23)27-9-12-6-7-13(20)8-14(12)21/h2-8,15,17H,9-11H2,1H3. The topological polar surface area (TPSA) is 59.0 Å². The van der Waals surface area contributed by atoms with E-state index in [9.17, 15) is 12.8 Å². The van der Waals surface area contributed by atoms with Crippen LogP contribution >= 0.6 is 27.7 Å². The van der Waals surface area contributed by atoms with E-state index in [0.717, 1.165) is 5.69 Å². The Hall–Kier alpha value is -1.58. The highest BCUT2D eigenvalue weighted by Crippen LogP contribution is 2.40. The maximum atomic E-state index is 14.2. The smallest absolute Gasteiger partial charge is 0.164 e. The molecule has 1 saturated heterocycles. The number of amidine groups is 1. The fourth-order valence-electron chi connectivity index (χ4n) is 3.52. The minimum absolute atomic E-state index is 0.0417. The van der Waals surface area contributed by atoms with Gasteiger partial charge in [0.05, 0.1) is 36.4 Å². The number of nitrogens with zero attached hydrogens (tertiary/aromatic N) is 2. The predicted molar refractivity (Wildman–Crippen MR) is 115 cm³/mol. The number of fused-ring (bicyclic) bond motifs is 1. The van der Waals surface area contributed by atoms with E-state index in [1.54, 1.807) is 19.2 Å². The zero-order valence-corrected chi connectivity index (χ0v) is 18.2. The number of thioether (sulfide) groups is 1. The molecule has 0 amide bonds. The van der Waals surface area contributed by atoms with Gasteiger partial charge in [-0.15, -0.1) is 0 Å². The maximum absolute atomic E-state index is 14.2. The van der Waals surface area contributed by atoms with Gasteiger partial charge in [0.2, 0.25) is 0 Å². The van der Waals surface area contributed by atoms with Gasteiger partial charge in [0.15, 0.2) is 15.0 Å². The minimum Gasteiger partial charge on any atom is -0.495 e. The summed E-state index contributed by atoms with van der Waals surface area (Å²) < 4.78 is 44.7. The van der Waals surface area contributed by atoms with Crippen molar-refractivity contribution in [3.8, 4) is 5.75 Å². The van der Waals surface area contributed by atoms with Crippen LogP contribution in [0, 0.1) is 5.82 Å². The molecule has 0 N–H and O–H groups in total. The second kappa shape index (κ2) is 7.68. The Balaban J connectivity index is 1.66. The Morgan fingerprint density at radius 1 is 1.29 bits per heavy atom. The van der Waals surface area contributed by atoms with Gasteiger partial charge in [-0.05, 0) is 29.8 Å². The lowest BCUT2D eigenvalue weighted by atomic mass is 10.1. The predicted octanol–water partition coefficient (Wildman–Crippen LogP) is 3.87. The number of aliphatic imine (C=N–C) groups is 1. The Morgan fingerprint density at radius 2 is 2.07 bits per heavy atom. The molecule has 0 aromatic heterocycles. The molecule has 2 aromatic carbocycles. The first-order valence-electron chi connectivity index (χ1n) is 8.65. The molecule has 0 spiro atoms. The molecule has 28 heavy (non-hydrogen) atoms. The van der Waals surface area contributed by atoms with Gasteiger partial charge in [0.25, 0.3) is 0 Å². The summed E-state index contributed by atoms with van der Waals surface area (Å²) in [6.07, 6.45) is 0. The van der Waals surface area contributed by atoms with Crippen LogP contribution < -0.4 is 9.64 Å². The van der Waals surface area contributed by atoms with Gasteiger partial charge < -0.3 is 9.64 Å². The van der Waals surface area contributed by atoms with Crippen LogP contribution in [0.1, 0.15) is 5.56 Å². The highest BCUT2D eigenvalue weighted by atomic mass is 79.9. The Kier molecular flexibility index (Phi) is 5.41. The normalized spacial score (nSPS) is 22.8. The first kappa shape index (κ1) is 19.7. The quantitative estimate of drug-likeness (QED) is 0.658. The van der Waals surface area contributed by atoms with Crippen molar-refractivity contribution < 1.29 is 17.5 Å². The zero-order valence-electron chi connectivity index (χ0n) is 15.0. The van der Waals surface area contributed by atoms with Gasteiger partial charge in [-0.3, -0.25) is 4.99 Å². The second-order valence-corrected chi connectivity index (χ2v) is 10.7. The van der Waals surface area contributed by atoms with E-state index in [0.29, 0.717) is 26.7 Å². The summed E-state index contributed by atoms with van der Waals surface area (Å²) in [5, 5.41) is 0.691. The first-order chi connectivity index (χ1) is 13.4. The van der Waals surface area contributed by atoms with Crippen LogP contribution in [0.4, 0.5) is 10.1 Å². The van der Waals surface area contributed by atoms with Crippen LogP contribution in [0.15, 0.2) is 51.9 Å². The summed E-state index contributed by atoms with van der Waals surface area (Å²) in [5.41, 5.74) is 1.35. The van der Waals surface area contributed by atoms with Gasteiger partial charge in [-0.25, -0.2) is 12.8 Å². The molecule has 1 fully saturated rings. The number of methoxy groups -OCH3 is 1. The van der Waals surface area contributed by atoms with Gasteiger partial charge in [-0.1, -0.05) is 45.9 Å². The van der Waals surface area contributed by atoms with Crippen molar-refractivity contribution in [3.63, 3.8) is 0 Å². The van der Waals surface area contributed by atoms with E-state index in [1.165, 1.54) is 17.8 Å². The van der Waals surface area contributed by atoms with E-state index in [1.807, 2.05) is 29.2 Å². The van der Waals surface area contributed by atoms with Crippen molar-refractivity contribution in [1.82, 2.24) is 0 Å². The van der Waals surface area contributed by atoms with E-state index in [-0.39, 0.29) is 29.4 Å². The number of halogens is 2. The molecule has 2 aliphatic rings. The van der Waals surface area contributed by atoms with Crippen molar-refractivity contribution in [2.24, 2.45) is 4.99 Å². The van der Waals surface area contributed by atoms with E-state index >= 15 is 0 Å². The molecule has 2 atom stereocenters. The van der Waals surface area contributed by atoms with E-state index < -0.39 is 9.84 Å².